The van der Waals surface area contributed by atoms with Gasteiger partial charge >= 0.3 is 0 Å². The van der Waals surface area contributed by atoms with E-state index in [0.29, 0.717) is 17.1 Å². The van der Waals surface area contributed by atoms with Crippen molar-refractivity contribution in [3.63, 3.8) is 0 Å². The van der Waals surface area contributed by atoms with E-state index in [9.17, 15) is 9.18 Å². The first-order valence-electron chi connectivity index (χ1n) is 10.4. The van der Waals surface area contributed by atoms with Crippen LogP contribution < -0.4 is 20.1 Å². The highest BCUT2D eigenvalue weighted by molar-refractivity contribution is 5.83. The van der Waals surface area contributed by atoms with E-state index in [2.05, 4.69) is 30.8 Å². The second-order valence-corrected chi connectivity index (χ2v) is 7.71. The molecule has 2 heterocycles. The smallest absolute Gasteiger partial charge is 0.258 e. The normalized spacial score (nSPS) is 13.0. The fourth-order valence-electron chi connectivity index (χ4n) is 3.33. The van der Waals surface area contributed by atoms with Gasteiger partial charge in [0.05, 0.1) is 25.0 Å². The molecule has 9 nitrogen and oxygen atoms in total. The van der Waals surface area contributed by atoms with E-state index >= 15 is 0 Å². The number of fused-ring (bicyclic) bond motifs is 1. The first kappa shape index (κ1) is 20.7. The molecule has 1 fully saturated rings. The number of nitrogens with zero attached hydrogens (tertiary/aromatic N) is 3. The number of hydrogen-bond donors (Lipinski definition) is 3. The monoisotopic (exact) mass is 448 g/mol. The van der Waals surface area contributed by atoms with Crippen LogP contribution in [0.3, 0.4) is 0 Å². The molecule has 2 aromatic heterocycles. The number of amides is 1. The van der Waals surface area contributed by atoms with Gasteiger partial charge in [-0.2, -0.15) is 5.10 Å². The molecule has 3 N–H and O–H groups in total. The third-order valence-corrected chi connectivity index (χ3v) is 5.12. The minimum Gasteiger partial charge on any atom is -0.491 e. The molecule has 33 heavy (non-hydrogen) atoms. The van der Waals surface area contributed by atoms with Gasteiger partial charge in [-0.15, -0.1) is 0 Å². The van der Waals surface area contributed by atoms with Crippen molar-refractivity contribution in [3.8, 4) is 22.9 Å². The van der Waals surface area contributed by atoms with Crippen molar-refractivity contribution >= 4 is 28.3 Å². The molecule has 0 bridgehead atoms. The Morgan fingerprint density at radius 3 is 2.91 bits per heavy atom. The first-order chi connectivity index (χ1) is 16.1. The third kappa shape index (κ3) is 4.84. The number of carbonyl (C=O) groups excluding carboxylic acids is 1. The Morgan fingerprint density at radius 1 is 1.21 bits per heavy atom. The van der Waals surface area contributed by atoms with Crippen molar-refractivity contribution in [2.45, 2.75) is 18.9 Å². The highest BCUT2D eigenvalue weighted by atomic mass is 19.1. The number of hydrogen-bond acceptors (Lipinski definition) is 7. The Balaban J connectivity index is 1.39. The summed E-state index contributed by atoms with van der Waals surface area (Å²) in [6.45, 7) is -0.188. The molecule has 0 spiro atoms. The number of benzene rings is 2. The lowest BCUT2D eigenvalue weighted by molar-refractivity contribution is -0.123. The van der Waals surface area contributed by atoms with E-state index in [0.717, 1.165) is 29.4 Å². The zero-order chi connectivity index (χ0) is 22.8. The van der Waals surface area contributed by atoms with Gasteiger partial charge in [0.1, 0.15) is 11.6 Å². The van der Waals surface area contributed by atoms with Gasteiger partial charge in [-0.25, -0.2) is 14.4 Å². The van der Waals surface area contributed by atoms with Crippen LogP contribution in [0.15, 0.2) is 48.8 Å². The molecule has 0 saturated heterocycles. The Morgan fingerprint density at radius 2 is 2.09 bits per heavy atom. The van der Waals surface area contributed by atoms with Gasteiger partial charge in [-0.05, 0) is 43.2 Å². The molecule has 0 atom stereocenters. The summed E-state index contributed by atoms with van der Waals surface area (Å²) in [6, 6.07) is 10.0. The van der Waals surface area contributed by atoms with Gasteiger partial charge in [-0.1, -0.05) is 0 Å². The lowest BCUT2D eigenvalue weighted by atomic mass is 10.2. The summed E-state index contributed by atoms with van der Waals surface area (Å²) >= 11 is 0. The number of carbonyl (C=O) groups is 1. The van der Waals surface area contributed by atoms with Crippen LogP contribution in [-0.4, -0.2) is 45.8 Å². The van der Waals surface area contributed by atoms with Crippen LogP contribution >= 0.6 is 0 Å². The van der Waals surface area contributed by atoms with E-state index in [1.807, 2.05) is 18.2 Å². The van der Waals surface area contributed by atoms with Gasteiger partial charge in [0.2, 0.25) is 0 Å². The van der Waals surface area contributed by atoms with Crippen molar-refractivity contribution in [2.24, 2.45) is 0 Å². The van der Waals surface area contributed by atoms with Crippen molar-refractivity contribution in [2.75, 3.05) is 19.0 Å². The predicted molar refractivity (Wildman–Crippen MR) is 120 cm³/mol. The number of rotatable bonds is 8. The Hall–Kier alpha value is -4.21. The number of anilines is 2. The first-order valence-corrected chi connectivity index (χ1v) is 10.4. The number of aromatic amines is 1. The van der Waals surface area contributed by atoms with E-state index < -0.39 is 5.82 Å². The minimum absolute atomic E-state index is 0.188. The Labute approximate surface area is 188 Å². The number of aromatic nitrogens is 4. The predicted octanol–water partition coefficient (Wildman–Crippen LogP) is 3.57. The molecule has 1 aliphatic carbocycles. The largest absolute Gasteiger partial charge is 0.491 e. The molecule has 1 amide bonds. The van der Waals surface area contributed by atoms with Crippen LogP contribution in [0.4, 0.5) is 15.9 Å². The SMILES string of the molecule is COc1cnc(-c2cc(F)cc(OCC(=O)NC3CC3)c2)nc1Nc1ccc2[nH]ncc2c1. The fraction of sp³-hybridized carbons (Fsp3) is 0.217. The van der Waals surface area contributed by atoms with E-state index in [1.54, 1.807) is 12.3 Å². The van der Waals surface area contributed by atoms with Crippen LogP contribution in [0, 0.1) is 5.82 Å². The van der Waals surface area contributed by atoms with Crippen molar-refractivity contribution in [1.82, 2.24) is 25.5 Å². The maximum absolute atomic E-state index is 14.3. The average molecular weight is 448 g/mol. The van der Waals surface area contributed by atoms with Gasteiger partial charge in [0, 0.05) is 28.7 Å². The van der Waals surface area contributed by atoms with E-state index in [4.69, 9.17) is 9.47 Å². The molecule has 10 heteroatoms. The fourth-order valence-corrected chi connectivity index (χ4v) is 3.33. The number of nitrogens with one attached hydrogen (secondary N) is 3. The molecule has 1 aliphatic rings. The maximum Gasteiger partial charge on any atom is 0.258 e. The molecular formula is C23H21FN6O3. The van der Waals surface area contributed by atoms with E-state index in [-0.39, 0.29) is 30.1 Å². The zero-order valence-corrected chi connectivity index (χ0v) is 17.8. The minimum atomic E-state index is -0.524. The highest BCUT2D eigenvalue weighted by Crippen LogP contribution is 2.30. The summed E-state index contributed by atoms with van der Waals surface area (Å²) in [5, 5.41) is 13.9. The Kier molecular flexibility index (Phi) is 5.47. The van der Waals surface area contributed by atoms with Gasteiger partial charge < -0.3 is 20.1 Å². The topological polar surface area (TPSA) is 114 Å². The van der Waals surface area contributed by atoms with Crippen LogP contribution in [0.2, 0.25) is 0 Å². The quantitative estimate of drug-likeness (QED) is 0.378. The van der Waals surface area contributed by atoms with Crippen molar-refractivity contribution < 1.29 is 18.7 Å². The van der Waals surface area contributed by atoms with Crippen molar-refractivity contribution in [1.29, 1.82) is 0 Å². The summed E-state index contributed by atoms with van der Waals surface area (Å²) < 4.78 is 25.2. The number of halogens is 1. The van der Waals surface area contributed by atoms with Gasteiger partial charge in [0.25, 0.3) is 5.91 Å². The third-order valence-electron chi connectivity index (χ3n) is 5.12. The summed E-state index contributed by atoms with van der Waals surface area (Å²) in [5.74, 6) is 0.579. The summed E-state index contributed by atoms with van der Waals surface area (Å²) in [5.41, 5.74) is 2.09. The Bertz CT molecular complexity index is 1320. The molecule has 2 aromatic carbocycles. The average Bonchev–Trinajstić information content (AvgIpc) is 3.50. The lowest BCUT2D eigenvalue weighted by Gasteiger charge is -2.12. The highest BCUT2D eigenvalue weighted by Gasteiger charge is 2.23. The number of ether oxygens (including phenoxy) is 2. The summed E-state index contributed by atoms with van der Waals surface area (Å²) in [7, 11) is 1.52. The van der Waals surface area contributed by atoms with Crippen molar-refractivity contribution in [3.05, 3.63) is 54.6 Å². The molecule has 5 rings (SSSR count). The van der Waals surface area contributed by atoms with Gasteiger partial charge in [-0.3, -0.25) is 9.89 Å². The number of H-pyrrole nitrogens is 1. The maximum atomic E-state index is 14.3. The zero-order valence-electron chi connectivity index (χ0n) is 17.8. The lowest BCUT2D eigenvalue weighted by Crippen LogP contribution is -2.30. The standard InChI is InChI=1S/C23H21FN6O3/c1-32-20-11-25-22(29-23(20)28-17-4-5-19-14(7-17)10-26-30-19)13-6-15(24)9-18(8-13)33-12-21(31)27-16-2-3-16/h4-11,16H,2-3,12H2,1H3,(H,26,30)(H,27,31)(H,25,28,29). The molecular weight excluding hydrogens is 427 g/mol. The molecule has 0 radical (unpaired) electrons. The number of methoxy groups -OCH3 is 1. The van der Waals surface area contributed by atoms with Crippen LogP contribution in [0.1, 0.15) is 12.8 Å². The van der Waals surface area contributed by atoms with E-state index in [1.165, 1.54) is 25.4 Å². The van der Waals surface area contributed by atoms with Crippen LogP contribution in [-0.2, 0) is 4.79 Å². The van der Waals surface area contributed by atoms with Crippen LogP contribution in [0.5, 0.6) is 11.5 Å². The second-order valence-electron chi connectivity index (χ2n) is 7.71. The summed E-state index contributed by atoms with van der Waals surface area (Å²) in [4.78, 5) is 20.7. The molecule has 4 aromatic rings. The molecule has 0 aliphatic heterocycles. The molecule has 1 saturated carbocycles. The molecule has 0 unspecified atom stereocenters. The van der Waals surface area contributed by atoms with Crippen LogP contribution in [0.25, 0.3) is 22.3 Å². The molecule has 168 valence electrons. The van der Waals surface area contributed by atoms with Gasteiger partial charge in [0.15, 0.2) is 24.0 Å². The second kappa shape index (κ2) is 8.73. The summed E-state index contributed by atoms with van der Waals surface area (Å²) in [6.07, 6.45) is 5.20.